The number of rotatable bonds is 8. The van der Waals surface area contributed by atoms with E-state index >= 15 is 0 Å². The van der Waals surface area contributed by atoms with Crippen molar-refractivity contribution < 1.29 is 4.74 Å². The zero-order valence-electron chi connectivity index (χ0n) is 13.3. The van der Waals surface area contributed by atoms with Crippen LogP contribution in [0.5, 0.6) is 5.75 Å². The minimum absolute atomic E-state index is 0.323. The van der Waals surface area contributed by atoms with Crippen LogP contribution in [0.4, 0.5) is 0 Å². The third-order valence-electron chi connectivity index (χ3n) is 4.17. The lowest BCUT2D eigenvalue weighted by atomic mass is 10.0. The van der Waals surface area contributed by atoms with Crippen molar-refractivity contribution in [2.75, 3.05) is 26.7 Å². The van der Waals surface area contributed by atoms with E-state index in [2.05, 4.69) is 49.2 Å². The number of hydrogen-bond donors (Lipinski definition) is 1. The summed E-state index contributed by atoms with van der Waals surface area (Å²) in [6, 6.07) is 7.60. The summed E-state index contributed by atoms with van der Waals surface area (Å²) >= 11 is 0. The highest BCUT2D eigenvalue weighted by atomic mass is 16.5. The summed E-state index contributed by atoms with van der Waals surface area (Å²) in [5.41, 5.74) is 2.48. The Bertz CT molecular complexity index is 429. The Labute approximate surface area is 123 Å². The maximum atomic E-state index is 5.49. The van der Waals surface area contributed by atoms with Crippen molar-refractivity contribution in [1.29, 1.82) is 0 Å². The van der Waals surface area contributed by atoms with Gasteiger partial charge in [-0.15, -0.1) is 0 Å². The monoisotopic (exact) mass is 276 g/mol. The Balaban J connectivity index is 1.86. The topological polar surface area (TPSA) is 24.5 Å². The molecule has 0 radical (unpaired) electrons. The molecule has 0 spiro atoms. The van der Waals surface area contributed by atoms with Crippen LogP contribution in [0.3, 0.4) is 0 Å². The average Bonchev–Trinajstić information content (AvgIpc) is 3.27. The Morgan fingerprint density at radius 1 is 1.40 bits per heavy atom. The molecule has 1 aromatic rings. The van der Waals surface area contributed by atoms with Crippen LogP contribution < -0.4 is 10.1 Å². The highest BCUT2D eigenvalue weighted by Crippen LogP contribution is 2.27. The van der Waals surface area contributed by atoms with Crippen LogP contribution in [-0.4, -0.2) is 37.7 Å². The predicted octanol–water partition coefficient (Wildman–Crippen LogP) is 3.14. The molecule has 2 rings (SSSR count). The van der Waals surface area contributed by atoms with E-state index in [0.717, 1.165) is 31.4 Å². The van der Waals surface area contributed by atoms with Crippen LogP contribution >= 0.6 is 0 Å². The molecule has 1 aliphatic carbocycles. The van der Waals surface area contributed by atoms with Gasteiger partial charge in [-0.2, -0.15) is 0 Å². The molecule has 1 fully saturated rings. The Hall–Kier alpha value is -1.06. The van der Waals surface area contributed by atoms with Gasteiger partial charge in [-0.1, -0.05) is 19.1 Å². The van der Waals surface area contributed by atoms with Crippen LogP contribution in [0.1, 0.15) is 43.9 Å². The SMILES string of the molecule is CCN(CCNC(C)c1ccc(C)cc1OC)C1CC1. The first-order chi connectivity index (χ1) is 9.65. The largest absolute Gasteiger partial charge is 0.496 e. The standard InChI is InChI=1S/C17H28N2O/c1-5-19(15-7-8-15)11-10-18-14(3)16-9-6-13(2)12-17(16)20-4/h6,9,12,14-15,18H,5,7-8,10-11H2,1-4H3. The quantitative estimate of drug-likeness (QED) is 0.789. The number of methoxy groups -OCH3 is 1. The minimum atomic E-state index is 0.323. The Morgan fingerprint density at radius 3 is 2.75 bits per heavy atom. The number of nitrogens with one attached hydrogen (secondary N) is 1. The summed E-state index contributed by atoms with van der Waals surface area (Å²) in [6.45, 7) is 9.89. The second kappa shape index (κ2) is 7.09. The van der Waals surface area contributed by atoms with E-state index < -0.39 is 0 Å². The molecule has 1 unspecified atom stereocenters. The first-order valence-electron chi connectivity index (χ1n) is 7.77. The first-order valence-corrected chi connectivity index (χ1v) is 7.77. The highest BCUT2D eigenvalue weighted by molar-refractivity contribution is 5.39. The molecule has 0 saturated heterocycles. The van der Waals surface area contributed by atoms with E-state index in [1.54, 1.807) is 7.11 Å². The number of aryl methyl sites for hydroxylation is 1. The van der Waals surface area contributed by atoms with Crippen LogP contribution in [0.2, 0.25) is 0 Å². The summed E-state index contributed by atoms with van der Waals surface area (Å²) in [5, 5.41) is 3.62. The number of benzene rings is 1. The van der Waals surface area contributed by atoms with E-state index in [-0.39, 0.29) is 0 Å². The van der Waals surface area contributed by atoms with E-state index in [4.69, 9.17) is 4.74 Å². The molecule has 0 aromatic heterocycles. The predicted molar refractivity (Wildman–Crippen MR) is 84.4 cm³/mol. The third kappa shape index (κ3) is 3.97. The molecule has 3 heteroatoms. The third-order valence-corrected chi connectivity index (χ3v) is 4.17. The summed E-state index contributed by atoms with van der Waals surface area (Å²) in [5.74, 6) is 0.986. The van der Waals surface area contributed by atoms with Crippen molar-refractivity contribution in [3.05, 3.63) is 29.3 Å². The molecule has 3 nitrogen and oxygen atoms in total. The van der Waals surface area contributed by atoms with Gasteiger partial charge in [-0.3, -0.25) is 4.90 Å². The minimum Gasteiger partial charge on any atom is -0.496 e. The fourth-order valence-corrected chi connectivity index (χ4v) is 2.75. The van der Waals surface area contributed by atoms with Crippen LogP contribution in [0.25, 0.3) is 0 Å². The van der Waals surface area contributed by atoms with Gasteiger partial charge >= 0.3 is 0 Å². The second-order valence-electron chi connectivity index (χ2n) is 5.78. The lowest BCUT2D eigenvalue weighted by molar-refractivity contribution is 0.273. The highest BCUT2D eigenvalue weighted by Gasteiger charge is 2.27. The fraction of sp³-hybridized carbons (Fsp3) is 0.647. The van der Waals surface area contributed by atoms with Gasteiger partial charge < -0.3 is 10.1 Å². The van der Waals surface area contributed by atoms with Gasteiger partial charge in [-0.05, 0) is 44.9 Å². The van der Waals surface area contributed by atoms with E-state index in [1.807, 2.05) is 0 Å². The second-order valence-corrected chi connectivity index (χ2v) is 5.78. The molecule has 1 atom stereocenters. The summed E-state index contributed by atoms with van der Waals surface area (Å²) in [4.78, 5) is 2.58. The van der Waals surface area contributed by atoms with Gasteiger partial charge in [-0.25, -0.2) is 0 Å². The molecule has 1 aliphatic rings. The molecule has 0 heterocycles. The summed E-state index contributed by atoms with van der Waals surface area (Å²) in [6.07, 6.45) is 2.77. The van der Waals surface area contributed by atoms with Crippen molar-refractivity contribution in [3.8, 4) is 5.75 Å². The number of nitrogens with zero attached hydrogens (tertiary/aromatic N) is 1. The van der Waals surface area contributed by atoms with E-state index in [1.165, 1.54) is 24.0 Å². The van der Waals surface area contributed by atoms with Gasteiger partial charge in [0.25, 0.3) is 0 Å². The first kappa shape index (κ1) is 15.3. The maximum absolute atomic E-state index is 5.49. The summed E-state index contributed by atoms with van der Waals surface area (Å²) in [7, 11) is 1.75. The Kier molecular flexibility index (Phi) is 5.44. The normalized spacial score (nSPS) is 16.4. The van der Waals surface area contributed by atoms with Crippen molar-refractivity contribution in [1.82, 2.24) is 10.2 Å². The van der Waals surface area contributed by atoms with Crippen molar-refractivity contribution >= 4 is 0 Å². The van der Waals surface area contributed by atoms with Crippen molar-refractivity contribution in [2.45, 2.75) is 45.7 Å². The van der Waals surface area contributed by atoms with Crippen molar-refractivity contribution in [3.63, 3.8) is 0 Å². The van der Waals surface area contributed by atoms with Gasteiger partial charge in [0, 0.05) is 30.7 Å². The van der Waals surface area contributed by atoms with E-state index in [9.17, 15) is 0 Å². The smallest absolute Gasteiger partial charge is 0.123 e. The average molecular weight is 276 g/mol. The molecule has 20 heavy (non-hydrogen) atoms. The molecule has 1 N–H and O–H groups in total. The lowest BCUT2D eigenvalue weighted by Gasteiger charge is -2.22. The Morgan fingerprint density at radius 2 is 2.15 bits per heavy atom. The van der Waals surface area contributed by atoms with Gasteiger partial charge in [0.1, 0.15) is 5.75 Å². The van der Waals surface area contributed by atoms with Crippen molar-refractivity contribution in [2.24, 2.45) is 0 Å². The molecule has 0 bridgehead atoms. The number of hydrogen-bond acceptors (Lipinski definition) is 3. The number of ether oxygens (including phenoxy) is 1. The fourth-order valence-electron chi connectivity index (χ4n) is 2.75. The summed E-state index contributed by atoms with van der Waals surface area (Å²) < 4.78 is 5.49. The van der Waals surface area contributed by atoms with Gasteiger partial charge in [0.05, 0.1) is 7.11 Å². The van der Waals surface area contributed by atoms with Crippen LogP contribution in [0.15, 0.2) is 18.2 Å². The number of likely N-dealkylation sites (N-methyl/N-ethyl adjacent to an activating group) is 1. The molecule has 0 amide bonds. The lowest BCUT2D eigenvalue weighted by Crippen LogP contribution is -2.34. The zero-order chi connectivity index (χ0) is 14.5. The molecule has 0 aliphatic heterocycles. The molecule has 1 saturated carbocycles. The zero-order valence-corrected chi connectivity index (χ0v) is 13.3. The van der Waals surface area contributed by atoms with Gasteiger partial charge in [0.2, 0.25) is 0 Å². The van der Waals surface area contributed by atoms with Gasteiger partial charge in [0.15, 0.2) is 0 Å². The van der Waals surface area contributed by atoms with E-state index in [0.29, 0.717) is 6.04 Å². The molecular formula is C17H28N2O. The maximum Gasteiger partial charge on any atom is 0.123 e. The molecule has 1 aromatic carbocycles. The molecular weight excluding hydrogens is 248 g/mol. The molecule has 112 valence electrons. The van der Waals surface area contributed by atoms with Crippen LogP contribution in [-0.2, 0) is 0 Å². The van der Waals surface area contributed by atoms with Crippen LogP contribution in [0, 0.1) is 6.92 Å².